The zero-order valence-electron chi connectivity index (χ0n) is 12.8. The Morgan fingerprint density at radius 3 is 2.21 bits per heavy atom. The molecule has 1 aromatic carbocycles. The van der Waals surface area contributed by atoms with Gasteiger partial charge in [-0.3, -0.25) is 0 Å². The predicted molar refractivity (Wildman–Crippen MR) is 83.4 cm³/mol. The highest BCUT2D eigenvalue weighted by Crippen LogP contribution is 2.39. The summed E-state index contributed by atoms with van der Waals surface area (Å²) in [6, 6.07) is 11.0. The van der Waals surface area contributed by atoms with E-state index in [9.17, 15) is 0 Å². The highest BCUT2D eigenvalue weighted by molar-refractivity contribution is 5.17. The molecular weight excluding hydrogens is 230 g/mol. The summed E-state index contributed by atoms with van der Waals surface area (Å²) in [6.45, 7) is 7.97. The highest BCUT2D eigenvalue weighted by atomic mass is 15.0. The minimum absolute atomic E-state index is 0.223. The first-order valence-electron chi connectivity index (χ1n) is 7.78. The van der Waals surface area contributed by atoms with Crippen molar-refractivity contribution < 1.29 is 0 Å². The van der Waals surface area contributed by atoms with Crippen LogP contribution in [0.1, 0.15) is 58.4 Å². The van der Waals surface area contributed by atoms with Gasteiger partial charge in [0.25, 0.3) is 0 Å². The van der Waals surface area contributed by atoms with Crippen LogP contribution in [0.4, 0.5) is 0 Å². The fourth-order valence-corrected chi connectivity index (χ4v) is 3.20. The van der Waals surface area contributed by atoms with Crippen LogP contribution in [-0.2, 0) is 6.42 Å². The van der Waals surface area contributed by atoms with Crippen LogP contribution in [0.2, 0.25) is 0 Å². The van der Waals surface area contributed by atoms with Crippen molar-refractivity contribution in [2.45, 2.75) is 64.8 Å². The van der Waals surface area contributed by atoms with Gasteiger partial charge in [-0.05, 0) is 51.0 Å². The maximum atomic E-state index is 3.75. The molecule has 0 amide bonds. The first-order valence-corrected chi connectivity index (χ1v) is 7.78. The normalized spacial score (nSPS) is 19.3. The minimum Gasteiger partial charge on any atom is -0.312 e. The van der Waals surface area contributed by atoms with Crippen LogP contribution in [-0.4, -0.2) is 12.1 Å². The Morgan fingerprint density at radius 1 is 1.00 bits per heavy atom. The molecule has 0 aromatic heterocycles. The molecule has 0 spiro atoms. The quantitative estimate of drug-likeness (QED) is 0.835. The van der Waals surface area contributed by atoms with Crippen molar-refractivity contribution in [3.63, 3.8) is 0 Å². The van der Waals surface area contributed by atoms with Crippen molar-refractivity contribution in [1.29, 1.82) is 0 Å². The van der Waals surface area contributed by atoms with Crippen molar-refractivity contribution in [3.05, 3.63) is 35.9 Å². The molecule has 106 valence electrons. The van der Waals surface area contributed by atoms with Crippen LogP contribution < -0.4 is 5.32 Å². The lowest BCUT2D eigenvalue weighted by atomic mass is 9.70. The van der Waals surface area contributed by atoms with E-state index in [0.717, 1.165) is 6.54 Å². The molecule has 1 nitrogen and oxygen atoms in total. The smallest absolute Gasteiger partial charge is 0.00967 e. The lowest BCUT2D eigenvalue weighted by Crippen LogP contribution is -2.45. The van der Waals surface area contributed by atoms with Crippen molar-refractivity contribution in [3.8, 4) is 0 Å². The van der Waals surface area contributed by atoms with Gasteiger partial charge in [0, 0.05) is 12.1 Å². The number of nitrogens with one attached hydrogen (secondary N) is 1. The van der Waals surface area contributed by atoms with Gasteiger partial charge in [-0.1, -0.05) is 49.6 Å². The zero-order valence-corrected chi connectivity index (χ0v) is 12.8. The van der Waals surface area contributed by atoms with Crippen molar-refractivity contribution in [1.82, 2.24) is 5.32 Å². The maximum absolute atomic E-state index is 3.75. The highest BCUT2D eigenvalue weighted by Gasteiger charge is 2.32. The Hall–Kier alpha value is -0.820. The molecule has 1 aromatic rings. The van der Waals surface area contributed by atoms with Gasteiger partial charge in [0.1, 0.15) is 0 Å². The fourth-order valence-electron chi connectivity index (χ4n) is 3.20. The summed E-state index contributed by atoms with van der Waals surface area (Å²) in [6.07, 6.45) is 8.22. The second-order valence-corrected chi connectivity index (χ2v) is 7.33. The molecule has 0 atom stereocenters. The molecule has 0 unspecified atom stereocenters. The van der Waals surface area contributed by atoms with Gasteiger partial charge in [0.05, 0.1) is 0 Å². The van der Waals surface area contributed by atoms with E-state index in [1.165, 1.54) is 44.1 Å². The second kappa shape index (κ2) is 6.09. The van der Waals surface area contributed by atoms with E-state index in [1.54, 1.807) is 0 Å². The zero-order chi connectivity index (χ0) is 13.8. The van der Waals surface area contributed by atoms with Gasteiger partial charge in [-0.15, -0.1) is 0 Å². The molecule has 2 rings (SSSR count). The molecule has 0 heterocycles. The van der Waals surface area contributed by atoms with Crippen LogP contribution in [0.15, 0.2) is 30.3 Å². The molecule has 0 saturated heterocycles. The van der Waals surface area contributed by atoms with E-state index in [1.807, 2.05) is 0 Å². The molecule has 0 aliphatic heterocycles. The maximum Gasteiger partial charge on any atom is 0.00967 e. The van der Waals surface area contributed by atoms with E-state index >= 15 is 0 Å². The lowest BCUT2D eigenvalue weighted by Gasteiger charge is -2.40. The number of hydrogen-bond acceptors (Lipinski definition) is 1. The van der Waals surface area contributed by atoms with E-state index < -0.39 is 0 Å². The Bertz CT molecular complexity index is 368. The van der Waals surface area contributed by atoms with Crippen LogP contribution >= 0.6 is 0 Å². The van der Waals surface area contributed by atoms with Crippen LogP contribution in [0.3, 0.4) is 0 Å². The number of rotatable bonds is 4. The van der Waals surface area contributed by atoms with Gasteiger partial charge < -0.3 is 5.32 Å². The average Bonchev–Trinajstić information content (AvgIpc) is 2.38. The van der Waals surface area contributed by atoms with Crippen molar-refractivity contribution in [2.24, 2.45) is 5.41 Å². The van der Waals surface area contributed by atoms with E-state index in [0.29, 0.717) is 5.41 Å². The second-order valence-electron chi connectivity index (χ2n) is 7.33. The molecule has 1 aliphatic rings. The Kier molecular flexibility index (Phi) is 4.67. The standard InChI is InChI=1S/C18H29N/c1-17(2,3)19-15-18(12-8-5-9-13-18)14-16-10-6-4-7-11-16/h4,6-7,10-11,19H,5,8-9,12-15H2,1-3H3. The molecule has 1 heteroatoms. The van der Waals surface area contributed by atoms with Crippen molar-refractivity contribution in [2.75, 3.05) is 6.54 Å². The molecule has 1 N–H and O–H groups in total. The number of benzene rings is 1. The molecule has 0 bridgehead atoms. The summed E-state index contributed by atoms with van der Waals surface area (Å²) in [5, 5.41) is 3.75. The molecule has 0 radical (unpaired) electrons. The summed E-state index contributed by atoms with van der Waals surface area (Å²) in [7, 11) is 0. The molecule has 19 heavy (non-hydrogen) atoms. The first kappa shape index (κ1) is 14.6. The Balaban J connectivity index is 2.06. The molecule has 1 saturated carbocycles. The summed E-state index contributed by atoms with van der Waals surface area (Å²) in [5.74, 6) is 0. The number of hydrogen-bond donors (Lipinski definition) is 1. The van der Waals surface area contributed by atoms with Gasteiger partial charge in [-0.25, -0.2) is 0 Å². The SMILES string of the molecule is CC(C)(C)NCC1(Cc2ccccc2)CCCCC1. The van der Waals surface area contributed by atoms with E-state index in [4.69, 9.17) is 0 Å². The van der Waals surface area contributed by atoms with Gasteiger partial charge in [0.15, 0.2) is 0 Å². The fraction of sp³-hybridized carbons (Fsp3) is 0.667. The van der Waals surface area contributed by atoms with Gasteiger partial charge in [-0.2, -0.15) is 0 Å². The lowest BCUT2D eigenvalue weighted by molar-refractivity contribution is 0.165. The Labute approximate surface area is 118 Å². The third-order valence-electron chi connectivity index (χ3n) is 4.33. The first-order chi connectivity index (χ1) is 8.99. The molecule has 1 fully saturated rings. The monoisotopic (exact) mass is 259 g/mol. The third-order valence-corrected chi connectivity index (χ3v) is 4.33. The summed E-state index contributed by atoms with van der Waals surface area (Å²) >= 11 is 0. The summed E-state index contributed by atoms with van der Waals surface area (Å²) < 4.78 is 0. The van der Waals surface area contributed by atoms with E-state index in [2.05, 4.69) is 56.4 Å². The summed E-state index contributed by atoms with van der Waals surface area (Å²) in [5.41, 5.74) is 2.20. The average molecular weight is 259 g/mol. The Morgan fingerprint density at radius 2 is 1.63 bits per heavy atom. The van der Waals surface area contributed by atoms with Gasteiger partial charge >= 0.3 is 0 Å². The minimum atomic E-state index is 0.223. The molecule has 1 aliphatic carbocycles. The van der Waals surface area contributed by atoms with Crippen LogP contribution in [0, 0.1) is 5.41 Å². The van der Waals surface area contributed by atoms with E-state index in [-0.39, 0.29) is 5.54 Å². The topological polar surface area (TPSA) is 12.0 Å². The largest absolute Gasteiger partial charge is 0.312 e. The van der Waals surface area contributed by atoms with Crippen LogP contribution in [0.5, 0.6) is 0 Å². The molecular formula is C18H29N. The summed E-state index contributed by atoms with van der Waals surface area (Å²) in [4.78, 5) is 0. The van der Waals surface area contributed by atoms with Gasteiger partial charge in [0.2, 0.25) is 0 Å². The van der Waals surface area contributed by atoms with Crippen molar-refractivity contribution >= 4 is 0 Å². The third kappa shape index (κ3) is 4.65. The predicted octanol–water partition coefficient (Wildman–Crippen LogP) is 4.57. The van der Waals surface area contributed by atoms with Crippen LogP contribution in [0.25, 0.3) is 0 Å².